The van der Waals surface area contributed by atoms with E-state index in [2.05, 4.69) is 90.2 Å². The molecular formula is C47H51F4N13. The summed E-state index contributed by atoms with van der Waals surface area (Å²) >= 11 is 0. The number of aromatic nitrogens is 10. The number of halogens is 4. The first kappa shape index (κ1) is 42.5. The highest BCUT2D eigenvalue weighted by atomic mass is 19.3. The van der Waals surface area contributed by atoms with E-state index in [9.17, 15) is 17.6 Å². The maximum absolute atomic E-state index is 13.1. The van der Waals surface area contributed by atoms with Gasteiger partial charge in [0.2, 0.25) is 17.8 Å². The number of aryl methyl sites for hydroxylation is 1. The zero-order valence-corrected chi connectivity index (χ0v) is 36.0. The molecule has 11 rings (SSSR count). The molecule has 0 radical (unpaired) electrons. The topological polar surface area (TPSA) is 154 Å². The minimum absolute atomic E-state index is 0.0200. The third-order valence-electron chi connectivity index (χ3n) is 12.5. The van der Waals surface area contributed by atoms with Crippen molar-refractivity contribution in [3.8, 4) is 22.3 Å². The Hall–Kier alpha value is -6.78. The molecule has 332 valence electrons. The van der Waals surface area contributed by atoms with Crippen molar-refractivity contribution < 1.29 is 17.6 Å². The first-order valence-electron chi connectivity index (χ1n) is 21.6. The van der Waals surface area contributed by atoms with E-state index in [1.807, 2.05) is 60.0 Å². The molecule has 3 saturated carbocycles. The van der Waals surface area contributed by atoms with E-state index in [0.29, 0.717) is 30.7 Å². The molecule has 0 aromatic carbocycles. The van der Waals surface area contributed by atoms with Crippen LogP contribution in [0, 0.1) is 24.7 Å². The van der Waals surface area contributed by atoms with Gasteiger partial charge in [-0.05, 0) is 84.7 Å². The molecule has 0 bridgehead atoms. The molecular weight excluding hydrogens is 823 g/mol. The van der Waals surface area contributed by atoms with Gasteiger partial charge < -0.3 is 25.9 Å². The van der Waals surface area contributed by atoms with Crippen LogP contribution in [-0.2, 0) is 0 Å². The monoisotopic (exact) mass is 873 g/mol. The maximum Gasteiger partial charge on any atom is 0.248 e. The third-order valence-corrected chi connectivity index (χ3v) is 12.5. The summed E-state index contributed by atoms with van der Waals surface area (Å²) < 4.78 is 54.2. The lowest BCUT2D eigenvalue weighted by Gasteiger charge is -2.35. The Bertz CT molecular complexity index is 2960. The van der Waals surface area contributed by atoms with Gasteiger partial charge in [0.25, 0.3) is 0 Å². The number of alkyl halides is 4. The van der Waals surface area contributed by atoms with Gasteiger partial charge in [-0.25, -0.2) is 41.5 Å². The van der Waals surface area contributed by atoms with Crippen molar-refractivity contribution in [3.63, 3.8) is 0 Å². The number of H-pyrrole nitrogens is 2. The summed E-state index contributed by atoms with van der Waals surface area (Å²) in [5.74, 6) is -2.01. The van der Waals surface area contributed by atoms with Crippen molar-refractivity contribution in [2.75, 3.05) is 25.5 Å². The molecule has 17 heteroatoms. The van der Waals surface area contributed by atoms with Crippen LogP contribution in [0.4, 0.5) is 23.5 Å². The van der Waals surface area contributed by atoms with Gasteiger partial charge in [0.1, 0.15) is 17.1 Å². The van der Waals surface area contributed by atoms with E-state index in [0.717, 1.165) is 91.1 Å². The van der Waals surface area contributed by atoms with Gasteiger partial charge in [0, 0.05) is 122 Å². The van der Waals surface area contributed by atoms with Crippen LogP contribution < -0.4 is 16.0 Å². The van der Waals surface area contributed by atoms with Crippen LogP contribution in [0.5, 0.6) is 0 Å². The lowest BCUT2D eigenvalue weighted by molar-refractivity contribution is -0.109. The molecule has 13 nitrogen and oxygen atoms in total. The van der Waals surface area contributed by atoms with Crippen LogP contribution in [0.25, 0.3) is 61.1 Å². The first-order chi connectivity index (χ1) is 30.8. The predicted molar refractivity (Wildman–Crippen MR) is 242 cm³/mol. The molecule has 3 aliphatic rings. The average Bonchev–Trinajstić information content (AvgIpc) is 4.07. The second-order valence-corrected chi connectivity index (χ2v) is 17.5. The van der Waals surface area contributed by atoms with Crippen LogP contribution in [0.2, 0.25) is 0 Å². The maximum atomic E-state index is 13.1. The Balaban J connectivity index is 0.000000142. The van der Waals surface area contributed by atoms with Crippen molar-refractivity contribution in [1.82, 2.24) is 59.8 Å². The Morgan fingerprint density at radius 2 is 1.39 bits per heavy atom. The Morgan fingerprint density at radius 1 is 0.812 bits per heavy atom. The molecule has 0 aliphatic heterocycles. The zero-order chi connectivity index (χ0) is 44.8. The zero-order valence-electron chi connectivity index (χ0n) is 36.0. The molecule has 0 saturated heterocycles. The molecule has 0 spiro atoms. The number of nitrogens with one attached hydrogen (secondary N) is 5. The number of hydrogen-bond acceptors (Lipinski definition) is 9. The SMILES string of the molecule is C=C(NCC1CC(F)(F)C1)c1cnn2ccc(-c3c[nH]c4nc(C5CC(C)C5)ncc34)cc12.C=CNCC1CC(F)(F)C1.CNc1ncc2c(-c3ccn4ncc(C)c4c3)c[nH]c2n1. The first-order valence-corrected chi connectivity index (χ1v) is 21.6. The standard InChI is InChI=1S/C25H26F2N6.C15H14N6.C7H11F2N/c1-14-5-18(6-14)23-29-12-21-20(11-30-24(21)32-23)17-3-4-33-22(7-17)19(13-31-33)15(2)28-10-16-8-25(26,27)9-16;1-9-6-19-21-4-3-10(5-13(9)21)11-7-17-14-12(11)8-18-15(16-2)20-14;1-2-10-5-6-3-7(8,9)4-6/h3-4,7,11-14,16,18,28H,2,5-6,8-10H2,1H3,(H,29,30,32);3-8H,1-2H3,(H2,16,17,18,20);2,6,10H,1,3-5H2. The van der Waals surface area contributed by atoms with E-state index in [1.165, 1.54) is 6.20 Å². The summed E-state index contributed by atoms with van der Waals surface area (Å²) in [5, 5.41) is 19.7. The van der Waals surface area contributed by atoms with Gasteiger partial charge in [0.05, 0.1) is 23.4 Å². The summed E-state index contributed by atoms with van der Waals surface area (Å²) in [4.78, 5) is 24.7. The second-order valence-electron chi connectivity index (χ2n) is 17.5. The number of hydrogen-bond donors (Lipinski definition) is 5. The highest BCUT2D eigenvalue weighted by molar-refractivity contribution is 5.95. The van der Waals surface area contributed by atoms with Crippen LogP contribution >= 0.6 is 0 Å². The molecule has 0 unspecified atom stereocenters. The van der Waals surface area contributed by atoms with E-state index < -0.39 is 11.8 Å². The average molecular weight is 874 g/mol. The number of aromatic amines is 2. The van der Waals surface area contributed by atoms with Crippen LogP contribution in [0.3, 0.4) is 0 Å². The number of anilines is 1. The summed E-state index contributed by atoms with van der Waals surface area (Å²) in [7, 11) is 1.81. The molecule has 3 aliphatic carbocycles. The fourth-order valence-electron chi connectivity index (χ4n) is 8.86. The minimum Gasteiger partial charge on any atom is -0.391 e. The van der Waals surface area contributed by atoms with Crippen LogP contribution in [0.1, 0.15) is 68.3 Å². The van der Waals surface area contributed by atoms with E-state index in [-0.39, 0.29) is 37.5 Å². The summed E-state index contributed by atoms with van der Waals surface area (Å²) in [6, 6.07) is 8.27. The molecule has 8 heterocycles. The normalized spacial score (nSPS) is 18.9. The molecule has 8 aromatic rings. The summed E-state index contributed by atoms with van der Waals surface area (Å²) in [6.07, 6.45) is 19.0. The lowest BCUT2D eigenvalue weighted by atomic mass is 9.76. The van der Waals surface area contributed by atoms with Crippen molar-refractivity contribution in [2.45, 2.75) is 70.1 Å². The van der Waals surface area contributed by atoms with Crippen LogP contribution in [0.15, 0.2) is 93.2 Å². The Morgan fingerprint density at radius 3 is 2.00 bits per heavy atom. The number of nitrogens with zero attached hydrogens (tertiary/aromatic N) is 8. The van der Waals surface area contributed by atoms with E-state index >= 15 is 0 Å². The quantitative estimate of drug-likeness (QED) is 0.0800. The van der Waals surface area contributed by atoms with Crippen LogP contribution in [-0.4, -0.2) is 81.1 Å². The van der Waals surface area contributed by atoms with Gasteiger partial charge in [0.15, 0.2) is 0 Å². The van der Waals surface area contributed by atoms with Gasteiger partial charge in [-0.3, -0.25) is 0 Å². The molecule has 64 heavy (non-hydrogen) atoms. The molecule has 0 atom stereocenters. The van der Waals surface area contributed by atoms with Crippen molar-refractivity contribution in [3.05, 3.63) is 110 Å². The predicted octanol–water partition coefficient (Wildman–Crippen LogP) is 9.78. The second kappa shape index (κ2) is 17.1. The van der Waals surface area contributed by atoms with Gasteiger partial charge in [-0.2, -0.15) is 15.2 Å². The highest BCUT2D eigenvalue weighted by Crippen LogP contribution is 2.43. The summed E-state index contributed by atoms with van der Waals surface area (Å²) in [6.45, 7) is 13.0. The number of fused-ring (bicyclic) bond motifs is 4. The Labute approximate surface area is 366 Å². The largest absolute Gasteiger partial charge is 0.391 e. The third kappa shape index (κ3) is 8.75. The van der Waals surface area contributed by atoms with Crippen molar-refractivity contribution in [1.29, 1.82) is 0 Å². The molecule has 0 amide bonds. The number of pyridine rings is 2. The highest BCUT2D eigenvalue weighted by Gasteiger charge is 2.45. The molecule has 5 N–H and O–H groups in total. The van der Waals surface area contributed by atoms with Crippen molar-refractivity contribution in [2.24, 2.45) is 17.8 Å². The number of rotatable bonds is 11. The van der Waals surface area contributed by atoms with E-state index in [4.69, 9.17) is 4.98 Å². The fraction of sp³-hybridized carbons (Fsp3) is 0.362. The van der Waals surface area contributed by atoms with Gasteiger partial charge in [-0.15, -0.1) is 0 Å². The summed E-state index contributed by atoms with van der Waals surface area (Å²) in [5.41, 5.74) is 10.7. The fourth-order valence-corrected chi connectivity index (χ4v) is 8.86. The van der Waals surface area contributed by atoms with Gasteiger partial charge >= 0.3 is 0 Å². The van der Waals surface area contributed by atoms with Gasteiger partial charge in [-0.1, -0.05) is 20.1 Å². The molecule has 3 fully saturated rings. The van der Waals surface area contributed by atoms with E-state index in [1.54, 1.807) is 17.8 Å². The smallest absolute Gasteiger partial charge is 0.248 e. The minimum atomic E-state index is -2.51. The lowest BCUT2D eigenvalue weighted by Crippen LogP contribution is -2.40. The van der Waals surface area contributed by atoms with Crippen molar-refractivity contribution >= 4 is 44.7 Å². The molecule has 8 aromatic heterocycles. The Kier molecular flexibility index (Phi) is 11.3.